The van der Waals surface area contributed by atoms with E-state index in [4.69, 9.17) is 4.74 Å². The van der Waals surface area contributed by atoms with E-state index in [1.165, 1.54) is 11.3 Å². The Labute approximate surface area is 153 Å². The van der Waals surface area contributed by atoms with Crippen molar-refractivity contribution in [3.63, 3.8) is 0 Å². The molecule has 0 aliphatic carbocycles. The number of carbonyl (C=O) groups is 1. The van der Waals surface area contributed by atoms with Crippen LogP contribution in [0.25, 0.3) is 0 Å². The highest BCUT2D eigenvalue weighted by Crippen LogP contribution is 2.26. The monoisotopic (exact) mass is 359 g/mol. The number of para-hydroxylation sites is 1. The normalized spacial score (nSPS) is 17.4. The maximum absolute atomic E-state index is 12.9. The summed E-state index contributed by atoms with van der Waals surface area (Å²) in [5.74, 6) is 1.40. The number of aromatic nitrogens is 1. The van der Waals surface area contributed by atoms with Crippen LogP contribution in [0.3, 0.4) is 0 Å². The zero-order chi connectivity index (χ0) is 17.8. The molecule has 0 spiro atoms. The third kappa shape index (κ3) is 4.12. The van der Waals surface area contributed by atoms with E-state index in [-0.39, 0.29) is 5.91 Å². The molecule has 0 radical (unpaired) electrons. The predicted molar refractivity (Wildman–Crippen MR) is 102 cm³/mol. The van der Waals surface area contributed by atoms with Crippen molar-refractivity contribution < 1.29 is 9.53 Å². The number of nitrogens with zero attached hydrogens (tertiary/aromatic N) is 2. The van der Waals surface area contributed by atoms with Crippen LogP contribution in [-0.4, -0.2) is 42.5 Å². The molecule has 0 unspecified atom stereocenters. The number of benzene rings is 1. The molecule has 1 amide bonds. The number of hydrogen-bond acceptors (Lipinski definition) is 5. The Morgan fingerprint density at radius 1 is 1.40 bits per heavy atom. The number of piperidine rings is 1. The van der Waals surface area contributed by atoms with Crippen molar-refractivity contribution >= 4 is 22.4 Å². The third-order valence-corrected chi connectivity index (χ3v) is 5.74. The number of anilines is 1. The molecular formula is C19H25N3O2S. The zero-order valence-corrected chi connectivity index (χ0v) is 15.9. The van der Waals surface area contributed by atoms with E-state index in [0.29, 0.717) is 12.5 Å². The van der Waals surface area contributed by atoms with E-state index in [2.05, 4.69) is 23.3 Å². The first kappa shape index (κ1) is 17.7. The number of likely N-dealkylation sites (tertiary alicyclic amines) is 1. The molecule has 1 aliphatic rings. The molecule has 1 saturated heterocycles. The summed E-state index contributed by atoms with van der Waals surface area (Å²) in [6, 6.07) is 8.06. The van der Waals surface area contributed by atoms with Gasteiger partial charge in [0.05, 0.1) is 12.3 Å². The highest BCUT2D eigenvalue weighted by molar-refractivity contribution is 7.17. The van der Waals surface area contributed by atoms with Gasteiger partial charge in [-0.05, 0) is 38.3 Å². The summed E-state index contributed by atoms with van der Waals surface area (Å²) in [5.41, 5.74) is 1.95. The Balaban J connectivity index is 1.61. The number of hydrogen-bond donors (Lipinski definition) is 1. The number of carbonyl (C=O) groups excluding carboxylic acids is 1. The van der Waals surface area contributed by atoms with Gasteiger partial charge in [-0.25, -0.2) is 4.98 Å². The minimum Gasteiger partial charge on any atom is -0.493 e. The number of nitrogens with one attached hydrogen (secondary N) is 1. The minimum absolute atomic E-state index is 0.0945. The highest BCUT2D eigenvalue weighted by Gasteiger charge is 2.27. The number of aryl methyl sites for hydroxylation is 2. The first-order chi connectivity index (χ1) is 12.1. The van der Waals surface area contributed by atoms with Crippen LogP contribution in [0, 0.1) is 19.8 Å². The lowest BCUT2D eigenvalue weighted by molar-refractivity contribution is 0.0637. The van der Waals surface area contributed by atoms with Gasteiger partial charge in [0.2, 0.25) is 0 Å². The minimum atomic E-state index is 0.0945. The van der Waals surface area contributed by atoms with Crippen molar-refractivity contribution in [2.75, 3.05) is 32.1 Å². The molecule has 1 atom stereocenters. The van der Waals surface area contributed by atoms with Gasteiger partial charge in [-0.2, -0.15) is 0 Å². The Kier molecular flexibility index (Phi) is 5.58. The average molecular weight is 359 g/mol. The highest BCUT2D eigenvalue weighted by atomic mass is 32.1. The fourth-order valence-electron chi connectivity index (χ4n) is 3.16. The van der Waals surface area contributed by atoms with Gasteiger partial charge in [0, 0.05) is 26.1 Å². The second kappa shape index (κ2) is 7.87. The van der Waals surface area contributed by atoms with Crippen molar-refractivity contribution in [2.24, 2.45) is 5.92 Å². The van der Waals surface area contributed by atoms with E-state index >= 15 is 0 Å². The van der Waals surface area contributed by atoms with E-state index < -0.39 is 0 Å². The summed E-state index contributed by atoms with van der Waals surface area (Å²) in [7, 11) is 1.83. The Morgan fingerprint density at radius 3 is 2.92 bits per heavy atom. The fraction of sp³-hybridized carbons (Fsp3) is 0.474. The maximum Gasteiger partial charge on any atom is 0.265 e. The third-order valence-electron chi connectivity index (χ3n) is 4.58. The van der Waals surface area contributed by atoms with Gasteiger partial charge in [0.15, 0.2) is 5.13 Å². The molecule has 1 N–H and O–H groups in total. The lowest BCUT2D eigenvalue weighted by atomic mass is 9.98. The van der Waals surface area contributed by atoms with Crippen LogP contribution in [0.5, 0.6) is 5.75 Å². The molecule has 5 nitrogen and oxygen atoms in total. The van der Waals surface area contributed by atoms with Gasteiger partial charge in [-0.3, -0.25) is 4.79 Å². The number of rotatable bonds is 5. The molecule has 1 aromatic heterocycles. The number of amides is 1. The van der Waals surface area contributed by atoms with Gasteiger partial charge in [0.25, 0.3) is 5.91 Å². The molecule has 2 aromatic rings. The van der Waals surface area contributed by atoms with Crippen molar-refractivity contribution in [1.82, 2.24) is 9.88 Å². The Hall–Kier alpha value is -2.08. The van der Waals surface area contributed by atoms with Crippen LogP contribution >= 0.6 is 11.3 Å². The largest absolute Gasteiger partial charge is 0.493 e. The van der Waals surface area contributed by atoms with Crippen LogP contribution < -0.4 is 10.1 Å². The Morgan fingerprint density at radius 2 is 2.20 bits per heavy atom. The molecule has 6 heteroatoms. The molecule has 1 aliphatic heterocycles. The van der Waals surface area contributed by atoms with Crippen LogP contribution in [0.1, 0.15) is 33.8 Å². The summed E-state index contributed by atoms with van der Waals surface area (Å²) in [6.07, 6.45) is 2.11. The SMILES string of the molecule is CNc1nc(C)c(C(=O)N2CCC[C@@H](COc3ccccc3C)C2)s1. The molecule has 1 aromatic carbocycles. The second-order valence-corrected chi connectivity index (χ2v) is 7.52. The van der Waals surface area contributed by atoms with Crippen molar-refractivity contribution in [1.29, 1.82) is 0 Å². The second-order valence-electron chi connectivity index (χ2n) is 6.52. The quantitative estimate of drug-likeness (QED) is 0.884. The molecule has 1 fully saturated rings. The first-order valence-electron chi connectivity index (χ1n) is 8.71. The van der Waals surface area contributed by atoms with E-state index in [9.17, 15) is 4.79 Å². The molecule has 0 bridgehead atoms. The van der Waals surface area contributed by atoms with Gasteiger partial charge in [-0.1, -0.05) is 29.5 Å². The molecule has 25 heavy (non-hydrogen) atoms. The van der Waals surface area contributed by atoms with Gasteiger partial charge in [-0.15, -0.1) is 0 Å². The van der Waals surface area contributed by atoms with E-state index in [1.807, 2.05) is 37.1 Å². The van der Waals surface area contributed by atoms with Crippen molar-refractivity contribution in [2.45, 2.75) is 26.7 Å². The van der Waals surface area contributed by atoms with E-state index in [1.54, 1.807) is 0 Å². The van der Waals surface area contributed by atoms with Gasteiger partial charge in [0.1, 0.15) is 10.6 Å². The molecular weight excluding hydrogens is 334 g/mol. The summed E-state index contributed by atoms with van der Waals surface area (Å²) >= 11 is 1.43. The molecule has 3 rings (SSSR count). The standard InChI is InChI=1S/C19H25N3O2S/c1-13-7-4-5-9-16(13)24-12-15-8-6-10-22(11-15)18(23)17-14(2)21-19(20-3)25-17/h4-5,7,9,15H,6,8,10-12H2,1-3H3,(H,20,21)/t15-/m1/s1. The predicted octanol–water partition coefficient (Wildman–Crippen LogP) is 3.73. The lowest BCUT2D eigenvalue weighted by Gasteiger charge is -2.32. The molecule has 0 saturated carbocycles. The molecule has 134 valence electrons. The van der Waals surface area contributed by atoms with Crippen LogP contribution in [0.15, 0.2) is 24.3 Å². The van der Waals surface area contributed by atoms with Gasteiger partial charge < -0.3 is 15.0 Å². The fourth-order valence-corrected chi connectivity index (χ4v) is 4.04. The number of ether oxygens (including phenoxy) is 1. The zero-order valence-electron chi connectivity index (χ0n) is 15.0. The van der Waals surface area contributed by atoms with E-state index in [0.717, 1.165) is 52.9 Å². The lowest BCUT2D eigenvalue weighted by Crippen LogP contribution is -2.41. The summed E-state index contributed by atoms with van der Waals surface area (Å²) in [6.45, 7) is 6.16. The average Bonchev–Trinajstić information content (AvgIpc) is 3.01. The van der Waals surface area contributed by atoms with Crippen LogP contribution in [0.4, 0.5) is 5.13 Å². The summed E-state index contributed by atoms with van der Waals surface area (Å²) in [4.78, 5) is 19.9. The maximum atomic E-state index is 12.9. The number of thiazole rings is 1. The molecule has 2 heterocycles. The van der Waals surface area contributed by atoms with Crippen molar-refractivity contribution in [3.05, 3.63) is 40.4 Å². The van der Waals surface area contributed by atoms with Gasteiger partial charge >= 0.3 is 0 Å². The summed E-state index contributed by atoms with van der Waals surface area (Å²) < 4.78 is 6.00. The summed E-state index contributed by atoms with van der Waals surface area (Å²) in [5, 5.41) is 3.80. The van der Waals surface area contributed by atoms with Crippen LogP contribution in [0.2, 0.25) is 0 Å². The van der Waals surface area contributed by atoms with Crippen LogP contribution in [-0.2, 0) is 0 Å². The smallest absolute Gasteiger partial charge is 0.265 e. The first-order valence-corrected chi connectivity index (χ1v) is 9.53. The van der Waals surface area contributed by atoms with Crippen molar-refractivity contribution in [3.8, 4) is 5.75 Å². The topological polar surface area (TPSA) is 54.5 Å². The Bertz CT molecular complexity index is 744.